The fourth-order valence-electron chi connectivity index (χ4n) is 2.21. The van der Waals surface area contributed by atoms with Crippen LogP contribution in [0.4, 0.5) is 4.39 Å². The van der Waals surface area contributed by atoms with Gasteiger partial charge < -0.3 is 23.7 Å². The van der Waals surface area contributed by atoms with Crippen LogP contribution in [0.25, 0.3) is 0 Å². The summed E-state index contributed by atoms with van der Waals surface area (Å²) in [5, 5.41) is 0. The van der Waals surface area contributed by atoms with Crippen molar-refractivity contribution in [3.05, 3.63) is 47.8 Å². The number of carbonyl (C=O) groups excluding carboxylic acids is 2. The molecule has 0 atom stereocenters. The van der Waals surface area contributed by atoms with Crippen LogP contribution in [0.15, 0.2) is 36.4 Å². The molecule has 0 fully saturated rings. The monoisotopic (exact) mass is 378 g/mol. The van der Waals surface area contributed by atoms with E-state index < -0.39 is 30.8 Å². The largest absolute Gasteiger partial charge is 0.493 e. The van der Waals surface area contributed by atoms with Crippen LogP contribution in [-0.4, -0.2) is 46.3 Å². The number of methoxy groups -OCH3 is 3. The molecule has 0 saturated heterocycles. The molecule has 2 aromatic rings. The lowest BCUT2D eigenvalue weighted by Crippen LogP contribution is -2.20. The molecule has 0 aliphatic rings. The average molecular weight is 378 g/mol. The second-order valence-electron chi connectivity index (χ2n) is 5.22. The topological polar surface area (TPSA) is 80.3 Å². The fourth-order valence-corrected chi connectivity index (χ4v) is 2.21. The van der Waals surface area contributed by atoms with Crippen LogP contribution < -0.4 is 18.9 Å². The first-order valence-electron chi connectivity index (χ1n) is 7.86. The van der Waals surface area contributed by atoms with Gasteiger partial charge in [-0.15, -0.1) is 0 Å². The zero-order valence-electron chi connectivity index (χ0n) is 15.1. The lowest BCUT2D eigenvalue weighted by molar-refractivity contribution is -0.144. The van der Waals surface area contributed by atoms with Crippen molar-refractivity contribution in [1.82, 2.24) is 0 Å². The Morgan fingerprint density at radius 2 is 1.52 bits per heavy atom. The number of benzene rings is 2. The summed E-state index contributed by atoms with van der Waals surface area (Å²) in [7, 11) is 4.29. The maximum absolute atomic E-state index is 13.4. The minimum Gasteiger partial charge on any atom is -0.493 e. The van der Waals surface area contributed by atoms with E-state index in [1.54, 1.807) is 6.07 Å². The van der Waals surface area contributed by atoms with Crippen LogP contribution in [0.1, 0.15) is 10.4 Å². The number of rotatable bonds is 9. The highest BCUT2D eigenvalue weighted by Gasteiger charge is 2.18. The Balaban J connectivity index is 1.97. The zero-order chi connectivity index (χ0) is 19.8. The molecular formula is C19H19FO7. The van der Waals surface area contributed by atoms with E-state index in [2.05, 4.69) is 0 Å². The first kappa shape index (κ1) is 20.0. The zero-order valence-corrected chi connectivity index (χ0v) is 15.1. The molecule has 0 N–H and O–H groups in total. The maximum atomic E-state index is 13.4. The lowest BCUT2D eigenvalue weighted by Gasteiger charge is -2.13. The summed E-state index contributed by atoms with van der Waals surface area (Å²) in [6.45, 7) is -1.04. The van der Waals surface area contributed by atoms with Crippen LogP contribution in [0, 0.1) is 5.82 Å². The summed E-state index contributed by atoms with van der Waals surface area (Å²) in [5.74, 6) is -1.02. The third-order valence-corrected chi connectivity index (χ3v) is 3.53. The van der Waals surface area contributed by atoms with Crippen LogP contribution in [0.3, 0.4) is 0 Å². The number of esters is 1. The molecule has 0 aliphatic heterocycles. The van der Waals surface area contributed by atoms with E-state index in [4.69, 9.17) is 23.7 Å². The van der Waals surface area contributed by atoms with E-state index in [-0.39, 0.29) is 11.3 Å². The molecule has 0 unspecified atom stereocenters. The van der Waals surface area contributed by atoms with Crippen molar-refractivity contribution in [3.63, 3.8) is 0 Å². The molecule has 2 rings (SSSR count). The second-order valence-corrected chi connectivity index (χ2v) is 5.22. The summed E-state index contributed by atoms with van der Waals surface area (Å²) in [6, 6.07) is 8.55. The third kappa shape index (κ3) is 5.10. The summed E-state index contributed by atoms with van der Waals surface area (Å²) in [6.07, 6.45) is 0. The predicted octanol–water partition coefficient (Wildman–Crippen LogP) is 2.66. The molecule has 8 heteroatoms. The SMILES string of the molecule is COc1cc(C(=O)COC(=O)COc2ccccc2F)cc(OC)c1OC. The van der Waals surface area contributed by atoms with Gasteiger partial charge in [-0.3, -0.25) is 4.79 Å². The molecule has 2 aromatic carbocycles. The minimum absolute atomic E-state index is 0.0783. The van der Waals surface area contributed by atoms with Gasteiger partial charge in [0.2, 0.25) is 11.5 Å². The van der Waals surface area contributed by atoms with E-state index in [0.29, 0.717) is 17.2 Å². The van der Waals surface area contributed by atoms with Gasteiger partial charge in [-0.05, 0) is 24.3 Å². The minimum atomic E-state index is -0.806. The first-order valence-corrected chi connectivity index (χ1v) is 7.86. The van der Waals surface area contributed by atoms with Crippen molar-refractivity contribution >= 4 is 11.8 Å². The second kappa shape index (κ2) is 9.42. The number of halogens is 1. The average Bonchev–Trinajstić information content (AvgIpc) is 2.70. The molecule has 0 saturated carbocycles. The van der Waals surface area contributed by atoms with Gasteiger partial charge >= 0.3 is 5.97 Å². The number of hydrogen-bond acceptors (Lipinski definition) is 7. The molecule has 0 aromatic heterocycles. The van der Waals surface area contributed by atoms with E-state index in [0.717, 1.165) is 0 Å². The number of ether oxygens (including phenoxy) is 5. The normalized spacial score (nSPS) is 10.1. The Labute approximate surface area is 155 Å². The smallest absolute Gasteiger partial charge is 0.344 e. The molecular weight excluding hydrogens is 359 g/mol. The quantitative estimate of drug-likeness (QED) is 0.490. The van der Waals surface area contributed by atoms with Gasteiger partial charge in [-0.25, -0.2) is 9.18 Å². The number of ketones is 1. The third-order valence-electron chi connectivity index (χ3n) is 3.53. The van der Waals surface area contributed by atoms with Gasteiger partial charge in [0.15, 0.2) is 36.3 Å². The van der Waals surface area contributed by atoms with Crippen molar-refractivity contribution in [1.29, 1.82) is 0 Å². The van der Waals surface area contributed by atoms with Gasteiger partial charge in [0.05, 0.1) is 21.3 Å². The number of Topliss-reactive ketones (excluding diaryl/α,β-unsaturated/α-hetero) is 1. The molecule has 0 bridgehead atoms. The first-order chi connectivity index (χ1) is 13.0. The molecule has 0 radical (unpaired) electrons. The Hall–Kier alpha value is -3.29. The van der Waals surface area contributed by atoms with Gasteiger partial charge in [0, 0.05) is 5.56 Å². The molecule has 0 aliphatic carbocycles. The summed E-state index contributed by atoms with van der Waals surface area (Å²) in [4.78, 5) is 24.0. The van der Waals surface area contributed by atoms with Crippen molar-refractivity contribution in [3.8, 4) is 23.0 Å². The Kier molecular flexibility index (Phi) is 6.99. The number of para-hydroxylation sites is 1. The van der Waals surface area contributed by atoms with Crippen molar-refractivity contribution in [2.24, 2.45) is 0 Å². The van der Waals surface area contributed by atoms with Crippen LogP contribution in [0.2, 0.25) is 0 Å². The van der Waals surface area contributed by atoms with Crippen molar-refractivity contribution in [2.45, 2.75) is 0 Å². The van der Waals surface area contributed by atoms with Crippen LogP contribution in [-0.2, 0) is 9.53 Å². The van der Waals surface area contributed by atoms with E-state index in [9.17, 15) is 14.0 Å². The van der Waals surface area contributed by atoms with E-state index >= 15 is 0 Å². The highest BCUT2D eigenvalue weighted by Crippen LogP contribution is 2.38. The molecule has 0 heterocycles. The Morgan fingerprint density at radius 3 is 2.07 bits per heavy atom. The van der Waals surface area contributed by atoms with Gasteiger partial charge in [-0.1, -0.05) is 12.1 Å². The van der Waals surface area contributed by atoms with Gasteiger partial charge in [0.25, 0.3) is 0 Å². The number of hydrogen-bond donors (Lipinski definition) is 0. The van der Waals surface area contributed by atoms with Crippen LogP contribution >= 0.6 is 0 Å². The van der Waals surface area contributed by atoms with Crippen molar-refractivity contribution < 1.29 is 37.7 Å². The summed E-state index contributed by atoms with van der Waals surface area (Å²) in [5.41, 5.74) is 0.215. The van der Waals surface area contributed by atoms with Gasteiger partial charge in [0.1, 0.15) is 0 Å². The molecule has 27 heavy (non-hydrogen) atoms. The maximum Gasteiger partial charge on any atom is 0.344 e. The lowest BCUT2D eigenvalue weighted by atomic mass is 10.1. The Morgan fingerprint density at radius 1 is 0.889 bits per heavy atom. The molecule has 0 amide bonds. The Bertz CT molecular complexity index is 794. The fraction of sp³-hybridized carbons (Fsp3) is 0.263. The molecule has 7 nitrogen and oxygen atoms in total. The highest BCUT2D eigenvalue weighted by molar-refractivity contribution is 5.99. The predicted molar refractivity (Wildman–Crippen MR) is 93.3 cm³/mol. The van der Waals surface area contributed by atoms with Crippen molar-refractivity contribution in [2.75, 3.05) is 34.5 Å². The summed E-state index contributed by atoms with van der Waals surface area (Å²) < 4.78 is 38.8. The van der Waals surface area contributed by atoms with E-state index in [1.165, 1.54) is 51.7 Å². The van der Waals surface area contributed by atoms with E-state index in [1.807, 2.05) is 0 Å². The van der Waals surface area contributed by atoms with Gasteiger partial charge in [-0.2, -0.15) is 0 Å². The van der Waals surface area contributed by atoms with Crippen LogP contribution in [0.5, 0.6) is 23.0 Å². The summed E-state index contributed by atoms with van der Waals surface area (Å²) >= 11 is 0. The molecule has 0 spiro atoms. The highest BCUT2D eigenvalue weighted by atomic mass is 19.1. The standard InChI is InChI=1S/C19H19FO7/c1-23-16-8-12(9-17(24-2)19(16)25-3)14(21)10-27-18(22)11-26-15-7-5-4-6-13(15)20/h4-9H,10-11H2,1-3H3. The number of carbonyl (C=O) groups is 2. The molecule has 144 valence electrons.